The molecule has 3 atom stereocenters. The molecule has 284 valence electrons. The van der Waals surface area contributed by atoms with E-state index in [9.17, 15) is 0 Å². The van der Waals surface area contributed by atoms with Gasteiger partial charge in [-0.25, -0.2) is 4.98 Å². The zero-order valence-electron chi connectivity index (χ0n) is 34.4. The van der Waals surface area contributed by atoms with Crippen LogP contribution in [-0.2, 0) is 37.3 Å². The zero-order chi connectivity index (χ0) is 38.2. The molecule has 0 bridgehead atoms. The van der Waals surface area contributed by atoms with E-state index >= 15 is 0 Å². The molecule has 0 amide bonds. The maximum atomic E-state index is 6.78. The zero-order valence-corrected chi connectivity index (χ0v) is 36.7. The molecule has 6 aromatic rings. The summed E-state index contributed by atoms with van der Waals surface area (Å²) < 4.78 is 11.1. The summed E-state index contributed by atoms with van der Waals surface area (Å²) in [7, 11) is 0. The number of aromatic nitrogens is 4. The van der Waals surface area contributed by atoms with Crippen molar-refractivity contribution in [1.82, 2.24) is 19.3 Å². The molecular weight excluding hydrogens is 844 g/mol. The smallest absolute Gasteiger partial charge is 0.509 e. The van der Waals surface area contributed by atoms with E-state index in [0.29, 0.717) is 29.3 Å². The van der Waals surface area contributed by atoms with Gasteiger partial charge in [-0.3, -0.25) is 4.68 Å². The monoisotopic (exact) mass is 899 g/mol. The molecule has 3 aromatic heterocycles. The van der Waals surface area contributed by atoms with Crippen molar-refractivity contribution in [3.8, 4) is 23.0 Å². The molecule has 54 heavy (non-hydrogen) atoms. The number of para-hydroxylation sites is 1. The van der Waals surface area contributed by atoms with E-state index in [0.717, 1.165) is 44.6 Å². The van der Waals surface area contributed by atoms with Gasteiger partial charge in [0.2, 0.25) is 0 Å². The predicted molar refractivity (Wildman–Crippen MR) is 220 cm³/mol. The van der Waals surface area contributed by atoms with Gasteiger partial charge in [-0.05, 0) is 77.8 Å². The van der Waals surface area contributed by atoms with Crippen molar-refractivity contribution in [3.63, 3.8) is 0 Å². The predicted octanol–water partition coefficient (Wildman–Crippen LogP) is 12.7. The molecular formula is C48H56N4OPt. The minimum Gasteiger partial charge on any atom is -0.509 e. The first-order valence-electron chi connectivity index (χ1n) is 19.3. The Morgan fingerprint density at radius 3 is 2.13 bits per heavy atom. The Morgan fingerprint density at radius 1 is 0.759 bits per heavy atom. The number of rotatable bonds is 5. The van der Waals surface area contributed by atoms with Crippen LogP contribution in [0.4, 0.5) is 0 Å². The van der Waals surface area contributed by atoms with Crippen LogP contribution in [0.3, 0.4) is 0 Å². The molecule has 0 N–H and O–H groups in total. The van der Waals surface area contributed by atoms with E-state index in [1.807, 2.05) is 12.3 Å². The molecule has 0 aliphatic heterocycles. The Hall–Kier alpha value is -3.95. The Kier molecular flexibility index (Phi) is 10.5. The van der Waals surface area contributed by atoms with Crippen molar-refractivity contribution < 1.29 is 25.8 Å². The van der Waals surface area contributed by atoms with E-state index in [2.05, 4.69) is 172 Å². The van der Waals surface area contributed by atoms with E-state index in [-0.39, 0.29) is 37.3 Å². The van der Waals surface area contributed by atoms with Crippen molar-refractivity contribution in [2.75, 3.05) is 0 Å². The number of benzene rings is 3. The van der Waals surface area contributed by atoms with E-state index in [4.69, 9.17) is 14.8 Å². The number of hydrogen-bond acceptors (Lipinski definition) is 3. The Balaban J connectivity index is 0.00000497. The van der Waals surface area contributed by atoms with E-state index in [1.165, 1.54) is 28.8 Å². The minimum absolute atomic E-state index is 0. The quantitative estimate of drug-likeness (QED) is 0.128. The average molecular weight is 900 g/mol. The van der Waals surface area contributed by atoms with Crippen LogP contribution in [-0.4, -0.2) is 19.3 Å². The van der Waals surface area contributed by atoms with E-state index in [1.54, 1.807) is 0 Å². The fourth-order valence-corrected chi connectivity index (χ4v) is 8.54. The van der Waals surface area contributed by atoms with E-state index < -0.39 is 0 Å². The summed E-state index contributed by atoms with van der Waals surface area (Å²) in [5.41, 5.74) is 10.1. The molecule has 0 radical (unpaired) electrons. The molecule has 0 spiro atoms. The van der Waals surface area contributed by atoms with Crippen LogP contribution in [0.1, 0.15) is 124 Å². The molecule has 7 rings (SSSR count). The van der Waals surface area contributed by atoms with Gasteiger partial charge in [0.25, 0.3) is 0 Å². The summed E-state index contributed by atoms with van der Waals surface area (Å²) in [6, 6.07) is 28.7. The molecule has 0 saturated heterocycles. The Morgan fingerprint density at radius 2 is 1.46 bits per heavy atom. The first-order chi connectivity index (χ1) is 24.8. The largest absolute Gasteiger partial charge is 2.00 e. The van der Waals surface area contributed by atoms with Crippen LogP contribution in [0.2, 0.25) is 0 Å². The maximum Gasteiger partial charge on any atom is 2.00 e. The standard InChI is InChI=1S/C48H56N4O.Pt/c1-29-22-30(2)43(31(3)23-29)44-32(4)50-52(45(44)48(11,12)13)35-24-34(47(8,9)10)25-37(27-35)53-36-18-19-39-38-16-14-15-17-40(38)51(41(39)28-36)42-26-33(20-21-49-42)46(5,6)7;/h14-22,24-26,29,31,43H,23H2,1-13H3;/q-2;+2/t29-,31-,43?;/m0./s1. The van der Waals surface area contributed by atoms with Crippen molar-refractivity contribution in [1.29, 1.82) is 0 Å². The molecule has 1 aliphatic carbocycles. The summed E-state index contributed by atoms with van der Waals surface area (Å²) >= 11 is 0. The van der Waals surface area contributed by atoms with Gasteiger partial charge in [-0.1, -0.05) is 112 Å². The van der Waals surface area contributed by atoms with Crippen LogP contribution >= 0.6 is 0 Å². The molecule has 5 nitrogen and oxygen atoms in total. The molecule has 0 saturated carbocycles. The summed E-state index contributed by atoms with van der Waals surface area (Å²) in [6.45, 7) is 29.6. The normalized spacial score (nSPS) is 18.2. The van der Waals surface area contributed by atoms with Gasteiger partial charge >= 0.3 is 21.1 Å². The second-order valence-electron chi connectivity index (χ2n) is 18.6. The van der Waals surface area contributed by atoms with Crippen LogP contribution in [0.25, 0.3) is 33.3 Å². The topological polar surface area (TPSA) is 44.9 Å². The molecule has 6 heteroatoms. The Bertz CT molecular complexity index is 2370. The van der Waals surface area contributed by atoms with Crippen molar-refractivity contribution in [2.24, 2.45) is 11.8 Å². The second-order valence-corrected chi connectivity index (χ2v) is 18.6. The summed E-state index contributed by atoms with van der Waals surface area (Å²) in [5.74, 6) is 3.59. The molecule has 3 aromatic carbocycles. The molecule has 3 heterocycles. The molecule has 1 aliphatic rings. The minimum atomic E-state index is -0.156. The van der Waals surface area contributed by atoms with Gasteiger partial charge < -0.3 is 9.30 Å². The van der Waals surface area contributed by atoms with Gasteiger partial charge in [0.05, 0.1) is 11.4 Å². The van der Waals surface area contributed by atoms with Crippen LogP contribution in [0.5, 0.6) is 11.5 Å². The first-order valence-corrected chi connectivity index (χ1v) is 19.3. The van der Waals surface area contributed by atoms with Crippen LogP contribution < -0.4 is 4.74 Å². The SMILES string of the molecule is CC1=C[C@H](C)C[C@H](C)C1c1c(C)nn(-c2[c-]c(Oc3[c-]c4c(cc3)c3ccccc3n4-c3cc(C(C)(C)C)ccn3)cc(C(C)(C)C)c2)c1C(C)(C)C.[Pt+2]. The Labute approximate surface area is 337 Å². The van der Waals surface area contributed by atoms with Crippen molar-refractivity contribution in [3.05, 3.63) is 119 Å². The van der Waals surface area contributed by atoms with Gasteiger partial charge in [-0.2, -0.15) is 11.2 Å². The number of hydrogen-bond donors (Lipinski definition) is 0. The summed E-state index contributed by atoms with van der Waals surface area (Å²) in [6.07, 6.45) is 5.56. The van der Waals surface area contributed by atoms with Crippen molar-refractivity contribution >= 4 is 21.8 Å². The summed E-state index contributed by atoms with van der Waals surface area (Å²) in [4.78, 5) is 4.86. The number of pyridine rings is 1. The second kappa shape index (κ2) is 14.3. The van der Waals surface area contributed by atoms with Crippen molar-refractivity contribution in [2.45, 2.75) is 119 Å². The number of ether oxygens (including phenoxy) is 1. The van der Waals surface area contributed by atoms with Gasteiger partial charge in [0.15, 0.2) is 0 Å². The third-order valence-electron chi connectivity index (χ3n) is 11.0. The number of aryl methyl sites for hydroxylation is 1. The first kappa shape index (κ1) is 39.7. The van der Waals surface area contributed by atoms with Gasteiger partial charge in [0, 0.05) is 40.1 Å². The third-order valence-corrected chi connectivity index (χ3v) is 11.0. The molecule has 1 unspecified atom stereocenters. The van der Waals surface area contributed by atoms with Gasteiger partial charge in [-0.15, -0.1) is 41.3 Å². The maximum absolute atomic E-state index is 6.78. The van der Waals surface area contributed by atoms with Gasteiger partial charge in [0.1, 0.15) is 5.82 Å². The van der Waals surface area contributed by atoms with Crippen LogP contribution in [0.15, 0.2) is 78.5 Å². The number of nitrogens with zero attached hydrogens (tertiary/aromatic N) is 4. The fraction of sp³-hybridized carbons (Fsp3) is 0.417. The molecule has 0 fully saturated rings. The number of fused-ring (bicyclic) bond motifs is 3. The average Bonchev–Trinajstić information content (AvgIpc) is 3.58. The number of allylic oxidation sites excluding steroid dienone is 2. The summed E-state index contributed by atoms with van der Waals surface area (Å²) in [5, 5.41) is 7.56. The fourth-order valence-electron chi connectivity index (χ4n) is 8.54. The third kappa shape index (κ3) is 7.38. The van der Waals surface area contributed by atoms with Crippen LogP contribution in [0, 0.1) is 30.9 Å².